The first-order valence-corrected chi connectivity index (χ1v) is 8.70. The van der Waals surface area contributed by atoms with Gasteiger partial charge in [0.15, 0.2) is 0 Å². The lowest BCUT2D eigenvalue weighted by Gasteiger charge is -2.12. The zero-order chi connectivity index (χ0) is 16.2. The molecule has 0 unspecified atom stereocenters. The fourth-order valence-electron chi connectivity index (χ4n) is 2.36. The molecule has 2 atom stereocenters. The van der Waals surface area contributed by atoms with E-state index in [0.29, 0.717) is 25.9 Å². The predicted molar refractivity (Wildman–Crippen MR) is 88.7 cm³/mol. The van der Waals surface area contributed by atoms with E-state index in [-0.39, 0.29) is 29.3 Å². The molecule has 0 saturated carbocycles. The van der Waals surface area contributed by atoms with Crippen LogP contribution in [0.15, 0.2) is 29.2 Å². The molecule has 1 heterocycles. The summed E-state index contributed by atoms with van der Waals surface area (Å²) in [5.41, 5.74) is 6.42. The van der Waals surface area contributed by atoms with Crippen LogP contribution in [0.25, 0.3) is 0 Å². The number of halogens is 1. The number of amides is 1. The summed E-state index contributed by atoms with van der Waals surface area (Å²) in [6, 6.07) is 6.28. The van der Waals surface area contributed by atoms with Crippen LogP contribution in [0.2, 0.25) is 0 Å². The molecule has 0 bridgehead atoms. The Labute approximate surface area is 142 Å². The van der Waals surface area contributed by atoms with Crippen molar-refractivity contribution in [2.45, 2.75) is 36.4 Å². The van der Waals surface area contributed by atoms with Gasteiger partial charge >= 0.3 is 0 Å². The van der Waals surface area contributed by atoms with Crippen LogP contribution in [0, 0.1) is 0 Å². The van der Waals surface area contributed by atoms with Crippen molar-refractivity contribution in [2.24, 2.45) is 10.9 Å². The number of nitrogens with two attached hydrogens (primary N) is 2. The van der Waals surface area contributed by atoms with Gasteiger partial charge in [0.05, 0.1) is 11.0 Å². The van der Waals surface area contributed by atoms with E-state index in [1.165, 1.54) is 12.1 Å². The molecule has 7 nitrogen and oxygen atoms in total. The molecule has 1 aromatic rings. The van der Waals surface area contributed by atoms with E-state index in [0.717, 1.165) is 12.0 Å². The second-order valence-corrected chi connectivity index (χ2v) is 6.85. The van der Waals surface area contributed by atoms with Crippen molar-refractivity contribution in [1.82, 2.24) is 5.32 Å². The van der Waals surface area contributed by atoms with E-state index < -0.39 is 16.1 Å². The molecule has 0 aromatic heterocycles. The highest BCUT2D eigenvalue weighted by Crippen LogP contribution is 2.18. The Balaban J connectivity index is 0.00000264. The van der Waals surface area contributed by atoms with Crippen LogP contribution < -0.4 is 16.2 Å². The summed E-state index contributed by atoms with van der Waals surface area (Å²) >= 11 is 0. The second-order valence-electron chi connectivity index (χ2n) is 5.29. The molecule has 1 aromatic carbocycles. The minimum Gasteiger partial charge on any atom is -0.364 e. The van der Waals surface area contributed by atoms with Crippen molar-refractivity contribution in [3.63, 3.8) is 0 Å². The number of sulfonamides is 1. The van der Waals surface area contributed by atoms with Crippen molar-refractivity contribution in [1.29, 1.82) is 0 Å². The normalized spacial score (nSPS) is 20.8. The minimum absolute atomic E-state index is 0. The molecule has 0 spiro atoms. The van der Waals surface area contributed by atoms with Gasteiger partial charge in [-0.1, -0.05) is 12.1 Å². The lowest BCUT2D eigenvalue weighted by molar-refractivity contribution is -0.131. The van der Waals surface area contributed by atoms with Gasteiger partial charge in [-0.3, -0.25) is 4.79 Å². The maximum Gasteiger partial charge on any atom is 0.249 e. The van der Waals surface area contributed by atoms with Crippen molar-refractivity contribution in [3.8, 4) is 0 Å². The van der Waals surface area contributed by atoms with Gasteiger partial charge in [0.25, 0.3) is 0 Å². The van der Waals surface area contributed by atoms with Gasteiger partial charge in [-0.25, -0.2) is 13.6 Å². The molecule has 1 aliphatic heterocycles. The molecule has 2 rings (SSSR count). The van der Waals surface area contributed by atoms with E-state index in [4.69, 9.17) is 15.6 Å². The van der Waals surface area contributed by atoms with Crippen LogP contribution >= 0.6 is 12.4 Å². The zero-order valence-corrected chi connectivity index (χ0v) is 14.2. The van der Waals surface area contributed by atoms with Crippen molar-refractivity contribution >= 4 is 28.3 Å². The molecule has 1 aliphatic rings. The smallest absolute Gasteiger partial charge is 0.249 e. The third-order valence-corrected chi connectivity index (χ3v) is 4.56. The first-order chi connectivity index (χ1) is 10.4. The quantitative estimate of drug-likeness (QED) is 0.652. The number of carbonyl (C=O) groups is 1. The molecule has 23 heavy (non-hydrogen) atoms. The monoisotopic (exact) mass is 363 g/mol. The van der Waals surface area contributed by atoms with E-state index in [1.54, 1.807) is 12.1 Å². The summed E-state index contributed by atoms with van der Waals surface area (Å²) < 4.78 is 27.8. The standard InChI is InChI=1S/C14H21N3O4S.ClH/c15-9-11-3-6-13(21-11)14(18)17-8-7-10-1-4-12(5-2-10)22(16,19)20;/h1-2,4-5,11,13H,3,6-9,15H2,(H,17,18)(H2,16,19,20);1H/t11-,13+;/m1./s1. The van der Waals surface area contributed by atoms with Gasteiger partial charge in [0.2, 0.25) is 15.9 Å². The average Bonchev–Trinajstić information content (AvgIpc) is 2.96. The summed E-state index contributed by atoms with van der Waals surface area (Å²) in [7, 11) is -3.67. The van der Waals surface area contributed by atoms with Crippen LogP contribution in [-0.4, -0.2) is 39.6 Å². The molecular weight excluding hydrogens is 342 g/mol. The fourth-order valence-corrected chi connectivity index (χ4v) is 2.88. The number of hydrogen-bond acceptors (Lipinski definition) is 5. The lowest BCUT2D eigenvalue weighted by Crippen LogP contribution is -2.36. The second kappa shape index (κ2) is 8.60. The first kappa shape index (κ1) is 19.9. The Morgan fingerprint density at radius 2 is 1.91 bits per heavy atom. The Hall–Kier alpha value is -1.19. The fraction of sp³-hybridized carbons (Fsp3) is 0.500. The Bertz CT molecular complexity index is 621. The van der Waals surface area contributed by atoms with Gasteiger partial charge in [0, 0.05) is 13.1 Å². The Morgan fingerprint density at radius 1 is 1.26 bits per heavy atom. The lowest BCUT2D eigenvalue weighted by atomic mass is 10.1. The van der Waals surface area contributed by atoms with E-state index >= 15 is 0 Å². The minimum atomic E-state index is -3.67. The van der Waals surface area contributed by atoms with E-state index in [9.17, 15) is 13.2 Å². The molecule has 0 aliphatic carbocycles. The molecule has 9 heteroatoms. The Kier molecular flexibility index (Phi) is 7.43. The predicted octanol–water partition coefficient (Wildman–Crippen LogP) is -0.0792. The van der Waals surface area contributed by atoms with Gasteiger partial charge in [0.1, 0.15) is 6.10 Å². The van der Waals surface area contributed by atoms with Crippen molar-refractivity contribution < 1.29 is 17.9 Å². The van der Waals surface area contributed by atoms with Crippen LogP contribution in [0.3, 0.4) is 0 Å². The van der Waals surface area contributed by atoms with E-state index in [1.807, 2.05) is 0 Å². The largest absolute Gasteiger partial charge is 0.364 e. The summed E-state index contributed by atoms with van der Waals surface area (Å²) in [5.74, 6) is -0.128. The molecule has 1 fully saturated rings. The number of rotatable bonds is 6. The third kappa shape index (κ3) is 5.74. The van der Waals surface area contributed by atoms with Crippen LogP contribution in [0.4, 0.5) is 0 Å². The van der Waals surface area contributed by atoms with Gasteiger partial charge in [-0.15, -0.1) is 12.4 Å². The van der Waals surface area contributed by atoms with Crippen LogP contribution in [0.5, 0.6) is 0 Å². The van der Waals surface area contributed by atoms with Crippen LogP contribution in [0.1, 0.15) is 18.4 Å². The molecule has 1 amide bonds. The molecule has 0 radical (unpaired) electrons. The number of ether oxygens (including phenoxy) is 1. The summed E-state index contributed by atoms with van der Waals surface area (Å²) in [5, 5.41) is 7.85. The highest BCUT2D eigenvalue weighted by atomic mass is 35.5. The first-order valence-electron chi connectivity index (χ1n) is 7.15. The summed E-state index contributed by atoms with van der Waals surface area (Å²) in [6.45, 7) is 0.890. The highest BCUT2D eigenvalue weighted by Gasteiger charge is 2.29. The van der Waals surface area contributed by atoms with E-state index in [2.05, 4.69) is 5.32 Å². The van der Waals surface area contributed by atoms with Crippen LogP contribution in [-0.2, 0) is 26.0 Å². The van der Waals surface area contributed by atoms with Crippen molar-refractivity contribution in [3.05, 3.63) is 29.8 Å². The maximum atomic E-state index is 11.9. The summed E-state index contributed by atoms with van der Waals surface area (Å²) in [6.07, 6.45) is 1.66. The summed E-state index contributed by atoms with van der Waals surface area (Å²) in [4.78, 5) is 12.0. The number of benzene rings is 1. The topological polar surface area (TPSA) is 125 Å². The number of nitrogens with one attached hydrogen (secondary N) is 1. The Morgan fingerprint density at radius 3 is 2.43 bits per heavy atom. The molecule has 5 N–H and O–H groups in total. The maximum absolute atomic E-state index is 11.9. The third-order valence-electron chi connectivity index (χ3n) is 3.63. The molecule has 1 saturated heterocycles. The molecular formula is C14H22ClN3O4S. The van der Waals surface area contributed by atoms with Gasteiger partial charge in [-0.2, -0.15) is 0 Å². The zero-order valence-electron chi connectivity index (χ0n) is 12.6. The SMILES string of the molecule is Cl.NC[C@H]1CC[C@@H](C(=O)NCCc2ccc(S(N)(=O)=O)cc2)O1. The van der Waals surface area contributed by atoms with Crippen molar-refractivity contribution in [2.75, 3.05) is 13.1 Å². The highest BCUT2D eigenvalue weighted by molar-refractivity contribution is 7.89. The number of hydrogen-bond donors (Lipinski definition) is 3. The average molecular weight is 364 g/mol. The number of primary sulfonamides is 1. The number of carbonyl (C=O) groups excluding carboxylic acids is 1. The van der Waals surface area contributed by atoms with Gasteiger partial charge in [-0.05, 0) is 37.0 Å². The molecule has 130 valence electrons. The van der Waals surface area contributed by atoms with Gasteiger partial charge < -0.3 is 15.8 Å².